The third-order valence-corrected chi connectivity index (χ3v) is 6.82. The predicted molar refractivity (Wildman–Crippen MR) is 134 cm³/mol. The second-order valence-corrected chi connectivity index (χ2v) is 9.59. The van der Waals surface area contributed by atoms with Crippen LogP contribution in [0.1, 0.15) is 36.6 Å². The van der Waals surface area contributed by atoms with Crippen LogP contribution in [0, 0.1) is 0 Å². The number of ether oxygens (including phenoxy) is 1. The summed E-state index contributed by atoms with van der Waals surface area (Å²) in [6.45, 7) is 2.97. The van der Waals surface area contributed by atoms with Crippen LogP contribution in [0.3, 0.4) is 0 Å². The lowest BCUT2D eigenvalue weighted by molar-refractivity contribution is -0.141. The van der Waals surface area contributed by atoms with E-state index in [1.165, 1.54) is 6.07 Å². The van der Waals surface area contributed by atoms with E-state index in [1.54, 1.807) is 12.1 Å². The van der Waals surface area contributed by atoms with Crippen molar-refractivity contribution < 1.29 is 32.0 Å². The van der Waals surface area contributed by atoms with Gasteiger partial charge in [0.25, 0.3) is 11.1 Å². The summed E-state index contributed by atoms with van der Waals surface area (Å²) >= 11 is 0.881. The zero-order valence-electron chi connectivity index (χ0n) is 19.7. The molecule has 7 nitrogen and oxygen atoms in total. The molecule has 0 spiro atoms. The minimum absolute atomic E-state index is 0.0594. The molecular formula is C26H22F3N3O4S. The summed E-state index contributed by atoms with van der Waals surface area (Å²) in [4.78, 5) is 23.5. The van der Waals surface area contributed by atoms with Gasteiger partial charge in [-0.15, -0.1) is 0 Å². The maximum Gasteiger partial charge on any atom is 0.437 e. The molecule has 0 aliphatic carbocycles. The van der Waals surface area contributed by atoms with Crippen molar-refractivity contribution in [2.75, 3.05) is 6.61 Å². The molecule has 11 heteroatoms. The third-order valence-electron chi connectivity index (χ3n) is 6.01. The number of carbonyl (C=O) groups is 2. The number of halogens is 3. The van der Waals surface area contributed by atoms with Gasteiger partial charge in [0.05, 0.1) is 16.9 Å². The summed E-state index contributed by atoms with van der Waals surface area (Å²) in [6.07, 6.45) is 0.954. The Kier molecular flexibility index (Phi) is 6.72. The predicted octanol–water partition coefficient (Wildman–Crippen LogP) is 6.55. The largest absolute Gasteiger partial charge is 0.493 e. The molecule has 1 aliphatic rings. The first kappa shape index (κ1) is 24.9. The molecule has 2 aromatic heterocycles. The van der Waals surface area contributed by atoms with Gasteiger partial charge in [0.15, 0.2) is 11.3 Å². The fourth-order valence-electron chi connectivity index (χ4n) is 4.36. The van der Waals surface area contributed by atoms with E-state index in [0.29, 0.717) is 48.6 Å². The van der Waals surface area contributed by atoms with Crippen LogP contribution < -0.4 is 10.1 Å². The quantitative estimate of drug-likeness (QED) is 0.206. The number of hydrogen-bond donors (Lipinski definition) is 1. The molecule has 2 amide bonds. The molecule has 0 unspecified atom stereocenters. The molecule has 1 saturated heterocycles. The highest BCUT2D eigenvalue weighted by molar-refractivity contribution is 8.18. The van der Waals surface area contributed by atoms with Crippen molar-refractivity contribution in [1.29, 1.82) is 0 Å². The van der Waals surface area contributed by atoms with Crippen LogP contribution in [0.25, 0.3) is 27.9 Å². The van der Waals surface area contributed by atoms with E-state index >= 15 is 0 Å². The molecule has 37 heavy (non-hydrogen) atoms. The summed E-state index contributed by atoms with van der Waals surface area (Å²) in [7, 11) is 0. The molecule has 1 fully saturated rings. The van der Waals surface area contributed by atoms with E-state index in [9.17, 15) is 22.8 Å². The molecule has 192 valence electrons. The van der Waals surface area contributed by atoms with Crippen LogP contribution in [-0.4, -0.2) is 27.5 Å². The van der Waals surface area contributed by atoms with Crippen molar-refractivity contribution in [2.24, 2.45) is 0 Å². The molecule has 5 rings (SSSR count). The van der Waals surface area contributed by atoms with Gasteiger partial charge in [-0.25, -0.2) is 0 Å². The van der Waals surface area contributed by atoms with Gasteiger partial charge in [0.1, 0.15) is 5.75 Å². The first-order valence-corrected chi connectivity index (χ1v) is 12.5. The molecule has 0 atom stereocenters. The van der Waals surface area contributed by atoms with Gasteiger partial charge in [-0.3, -0.25) is 14.9 Å². The Morgan fingerprint density at radius 1 is 1.19 bits per heavy atom. The van der Waals surface area contributed by atoms with E-state index in [0.717, 1.165) is 28.2 Å². The Morgan fingerprint density at radius 2 is 2.03 bits per heavy atom. The monoisotopic (exact) mass is 529 g/mol. The van der Waals surface area contributed by atoms with E-state index in [-0.39, 0.29) is 16.2 Å². The lowest BCUT2D eigenvalue weighted by atomic mass is 10.0. The van der Waals surface area contributed by atoms with Crippen molar-refractivity contribution >= 4 is 50.9 Å². The molecule has 4 aromatic rings. The van der Waals surface area contributed by atoms with Crippen molar-refractivity contribution in [3.63, 3.8) is 0 Å². The summed E-state index contributed by atoms with van der Waals surface area (Å²) in [5.74, 6) is 0.111. The number of rotatable bonds is 8. The highest BCUT2D eigenvalue weighted by Crippen LogP contribution is 2.38. The number of imide groups is 1. The van der Waals surface area contributed by atoms with Crippen LogP contribution >= 0.6 is 11.8 Å². The number of nitrogens with one attached hydrogen (secondary N) is 1. The number of carbonyl (C=O) groups excluding carboxylic acids is 2. The van der Waals surface area contributed by atoms with Gasteiger partial charge in [-0.1, -0.05) is 24.6 Å². The standard InChI is InChI=1S/C26H22F3N3O4S/c1-2-4-17-20(8-6-18-22(17)36-31-23(18)26(27,28)29)35-12-3-10-32-11-9-16-13-15(5-7-19(16)32)14-21-24(33)30-25(34)37-21/h5-9,11,13-14H,2-4,10,12H2,1H3,(H,30,33,34). The number of nitrogens with zero attached hydrogens (tertiary/aromatic N) is 2. The molecule has 2 aromatic carbocycles. The van der Waals surface area contributed by atoms with Crippen LogP contribution in [0.15, 0.2) is 52.0 Å². The van der Waals surface area contributed by atoms with E-state index in [2.05, 4.69) is 15.0 Å². The van der Waals surface area contributed by atoms with Gasteiger partial charge in [0, 0.05) is 29.2 Å². The number of hydrogen-bond acceptors (Lipinski definition) is 6. The van der Waals surface area contributed by atoms with E-state index in [4.69, 9.17) is 9.26 Å². The maximum absolute atomic E-state index is 13.2. The SMILES string of the molecule is CCCc1c(OCCCn2ccc3cc(C=C4SC(=O)NC4=O)ccc32)ccc2c(C(F)(F)F)noc12. The fourth-order valence-corrected chi connectivity index (χ4v) is 5.04. The Labute approximate surface area is 213 Å². The van der Waals surface area contributed by atoms with Crippen molar-refractivity contribution in [1.82, 2.24) is 15.0 Å². The Hall–Kier alpha value is -3.73. The highest BCUT2D eigenvalue weighted by atomic mass is 32.2. The molecule has 0 bridgehead atoms. The average Bonchev–Trinajstić information content (AvgIpc) is 3.54. The Morgan fingerprint density at radius 3 is 2.76 bits per heavy atom. The van der Waals surface area contributed by atoms with Gasteiger partial charge in [-0.2, -0.15) is 13.2 Å². The minimum Gasteiger partial charge on any atom is -0.493 e. The second-order valence-electron chi connectivity index (χ2n) is 8.58. The van der Waals surface area contributed by atoms with E-state index in [1.807, 2.05) is 37.4 Å². The molecule has 0 radical (unpaired) electrons. The number of alkyl halides is 3. The second kappa shape index (κ2) is 9.97. The number of aromatic nitrogens is 2. The zero-order chi connectivity index (χ0) is 26.2. The average molecular weight is 530 g/mol. The van der Waals surface area contributed by atoms with Gasteiger partial charge in [0.2, 0.25) is 0 Å². The smallest absolute Gasteiger partial charge is 0.437 e. The van der Waals surface area contributed by atoms with Gasteiger partial charge < -0.3 is 13.8 Å². The zero-order valence-corrected chi connectivity index (χ0v) is 20.5. The van der Waals surface area contributed by atoms with Crippen LogP contribution in [0.5, 0.6) is 5.75 Å². The number of fused-ring (bicyclic) bond motifs is 2. The number of thioether (sulfide) groups is 1. The van der Waals surface area contributed by atoms with Gasteiger partial charge >= 0.3 is 6.18 Å². The number of aryl methyl sites for hydroxylation is 2. The fraction of sp³-hybridized carbons (Fsp3) is 0.269. The van der Waals surface area contributed by atoms with Crippen molar-refractivity contribution in [3.05, 3.63) is 64.3 Å². The molecule has 0 saturated carbocycles. The van der Waals surface area contributed by atoms with Crippen LogP contribution in [0.4, 0.5) is 18.0 Å². The topological polar surface area (TPSA) is 86.4 Å². The minimum atomic E-state index is -4.59. The molecule has 3 heterocycles. The lowest BCUT2D eigenvalue weighted by Crippen LogP contribution is -2.17. The molecule has 1 N–H and O–H groups in total. The lowest BCUT2D eigenvalue weighted by Gasteiger charge is -2.12. The van der Waals surface area contributed by atoms with Crippen molar-refractivity contribution in [3.8, 4) is 5.75 Å². The number of amides is 2. The summed E-state index contributed by atoms with van der Waals surface area (Å²) in [6, 6.07) is 10.7. The summed E-state index contributed by atoms with van der Waals surface area (Å²) < 4.78 is 52.8. The first-order valence-electron chi connectivity index (χ1n) is 11.7. The first-order chi connectivity index (χ1) is 17.7. The molecular weight excluding hydrogens is 507 g/mol. The number of benzene rings is 2. The molecule has 1 aliphatic heterocycles. The third kappa shape index (κ3) is 5.08. The Balaban J connectivity index is 1.26. The maximum atomic E-state index is 13.2. The van der Waals surface area contributed by atoms with Gasteiger partial charge in [-0.05, 0) is 66.6 Å². The van der Waals surface area contributed by atoms with Crippen LogP contribution in [0.2, 0.25) is 0 Å². The van der Waals surface area contributed by atoms with Crippen molar-refractivity contribution in [2.45, 2.75) is 38.9 Å². The van der Waals surface area contributed by atoms with E-state index < -0.39 is 17.8 Å². The normalized spacial score (nSPS) is 15.3. The summed E-state index contributed by atoms with van der Waals surface area (Å²) in [5.41, 5.74) is 1.51. The Bertz CT molecular complexity index is 1540. The summed E-state index contributed by atoms with van der Waals surface area (Å²) in [5, 5.41) is 6.05. The highest BCUT2D eigenvalue weighted by Gasteiger charge is 2.37. The van der Waals surface area contributed by atoms with Crippen LogP contribution in [-0.2, 0) is 23.9 Å².